The second kappa shape index (κ2) is 4.11. The number of hydrogen-bond acceptors (Lipinski definition) is 6. The number of hydrogen-bond donors (Lipinski definition) is 2. The van der Waals surface area contributed by atoms with Crippen molar-refractivity contribution < 1.29 is 4.74 Å². The van der Waals surface area contributed by atoms with E-state index in [9.17, 15) is 0 Å². The largest absolute Gasteiger partial charge is 0.435 e. The van der Waals surface area contributed by atoms with Crippen LogP contribution in [0.2, 0.25) is 5.02 Å². The molecule has 0 aromatic carbocycles. The monoisotopic (exact) mass is 262 g/mol. The zero-order valence-electron chi connectivity index (χ0n) is 8.96. The lowest BCUT2D eigenvalue weighted by Gasteiger charge is -2.05. The minimum Gasteiger partial charge on any atom is -0.435 e. The predicted octanol–water partition coefficient (Wildman–Crippen LogP) is 1.78. The van der Waals surface area contributed by atoms with E-state index in [1.807, 2.05) is 0 Å². The van der Waals surface area contributed by atoms with Crippen molar-refractivity contribution in [1.29, 1.82) is 0 Å². The lowest BCUT2D eigenvalue weighted by molar-refractivity contribution is 0.466. The van der Waals surface area contributed by atoms with Crippen LogP contribution in [0.25, 0.3) is 11.2 Å². The molecule has 0 spiro atoms. The van der Waals surface area contributed by atoms with E-state index in [-0.39, 0.29) is 11.8 Å². The smallest absolute Gasteiger partial charge is 0.250 e. The van der Waals surface area contributed by atoms with Crippen LogP contribution in [0.5, 0.6) is 11.6 Å². The third-order valence-electron chi connectivity index (χ3n) is 2.16. The molecular weight excluding hydrogens is 256 g/mol. The third-order valence-corrected chi connectivity index (χ3v) is 2.37. The molecule has 0 aliphatic heterocycles. The molecule has 3 heterocycles. The lowest BCUT2D eigenvalue weighted by atomic mass is 10.4. The highest BCUT2D eigenvalue weighted by atomic mass is 35.5. The molecule has 0 unspecified atom stereocenters. The molecule has 0 saturated carbocycles. The average molecular weight is 263 g/mol. The van der Waals surface area contributed by atoms with Gasteiger partial charge in [0, 0.05) is 12.3 Å². The average Bonchev–Trinajstić information content (AvgIpc) is 2.77. The van der Waals surface area contributed by atoms with Crippen LogP contribution in [0.3, 0.4) is 0 Å². The molecule has 90 valence electrons. The highest BCUT2D eigenvalue weighted by molar-refractivity contribution is 6.30. The molecular formula is C10H7ClN6O. The Balaban J connectivity index is 2.06. The number of nitrogens with zero attached hydrogens (tertiary/aromatic N) is 4. The molecule has 0 bridgehead atoms. The van der Waals surface area contributed by atoms with Crippen molar-refractivity contribution in [1.82, 2.24) is 24.9 Å². The molecule has 0 atom stereocenters. The van der Waals surface area contributed by atoms with Crippen LogP contribution in [-0.4, -0.2) is 24.9 Å². The van der Waals surface area contributed by atoms with Crippen molar-refractivity contribution in [2.75, 3.05) is 5.73 Å². The van der Waals surface area contributed by atoms with E-state index in [4.69, 9.17) is 22.1 Å². The molecule has 7 nitrogen and oxygen atoms in total. The first-order valence-corrected chi connectivity index (χ1v) is 5.35. The van der Waals surface area contributed by atoms with Crippen LogP contribution in [0.4, 0.5) is 5.95 Å². The summed E-state index contributed by atoms with van der Waals surface area (Å²) < 4.78 is 5.56. The van der Waals surface area contributed by atoms with Crippen LogP contribution in [0.1, 0.15) is 0 Å². The fourth-order valence-corrected chi connectivity index (χ4v) is 1.62. The maximum Gasteiger partial charge on any atom is 0.250 e. The van der Waals surface area contributed by atoms with Crippen LogP contribution in [0, 0.1) is 0 Å². The van der Waals surface area contributed by atoms with Gasteiger partial charge in [-0.25, -0.2) is 4.98 Å². The number of pyridine rings is 1. The first-order valence-electron chi connectivity index (χ1n) is 4.97. The van der Waals surface area contributed by atoms with Crippen molar-refractivity contribution in [3.8, 4) is 11.6 Å². The minimum absolute atomic E-state index is 0.0830. The fraction of sp³-hybridized carbons (Fsp3) is 0. The van der Waals surface area contributed by atoms with Gasteiger partial charge < -0.3 is 15.5 Å². The number of halogens is 1. The standard InChI is InChI=1S/C10H7ClN6O/c11-5-1-6(3-13-2-5)18-9-7-8(15-4-14-7)16-10(12)17-9/h1-4H,(H3,12,14,15,16,17). The Bertz CT molecular complexity index is 712. The second-order valence-corrected chi connectivity index (χ2v) is 3.87. The van der Waals surface area contributed by atoms with Gasteiger partial charge in [0.05, 0.1) is 17.5 Å². The van der Waals surface area contributed by atoms with Gasteiger partial charge in [0.25, 0.3) is 5.88 Å². The minimum atomic E-state index is 0.0830. The quantitative estimate of drug-likeness (QED) is 0.730. The number of imidazole rings is 1. The van der Waals surface area contributed by atoms with Crippen molar-refractivity contribution in [2.45, 2.75) is 0 Å². The Morgan fingerprint density at radius 2 is 2.17 bits per heavy atom. The Labute approximate surface area is 106 Å². The Kier molecular flexibility index (Phi) is 2.45. The first-order chi connectivity index (χ1) is 8.72. The Morgan fingerprint density at radius 3 is 3.00 bits per heavy atom. The van der Waals surface area contributed by atoms with Gasteiger partial charge in [-0.3, -0.25) is 4.98 Å². The summed E-state index contributed by atoms with van der Waals surface area (Å²) in [5.74, 6) is 0.815. The summed E-state index contributed by atoms with van der Waals surface area (Å²) in [5.41, 5.74) is 6.57. The molecule has 0 aliphatic carbocycles. The van der Waals surface area contributed by atoms with Gasteiger partial charge in [-0.1, -0.05) is 11.6 Å². The molecule has 3 aromatic rings. The molecule has 0 radical (unpaired) electrons. The fourth-order valence-electron chi connectivity index (χ4n) is 1.46. The molecule has 18 heavy (non-hydrogen) atoms. The molecule has 0 saturated heterocycles. The van der Waals surface area contributed by atoms with E-state index in [0.29, 0.717) is 21.9 Å². The van der Waals surface area contributed by atoms with Crippen molar-refractivity contribution in [3.05, 3.63) is 29.8 Å². The highest BCUT2D eigenvalue weighted by Gasteiger charge is 2.10. The summed E-state index contributed by atoms with van der Waals surface area (Å²) >= 11 is 5.82. The number of fused-ring (bicyclic) bond motifs is 1. The summed E-state index contributed by atoms with van der Waals surface area (Å²) in [6.07, 6.45) is 4.52. The lowest BCUT2D eigenvalue weighted by Crippen LogP contribution is -1.98. The van der Waals surface area contributed by atoms with E-state index in [2.05, 4.69) is 24.9 Å². The van der Waals surface area contributed by atoms with E-state index in [1.54, 1.807) is 6.07 Å². The molecule has 8 heteroatoms. The highest BCUT2D eigenvalue weighted by Crippen LogP contribution is 2.26. The molecule has 0 fully saturated rings. The second-order valence-electron chi connectivity index (χ2n) is 3.43. The number of nitrogen functional groups attached to an aromatic ring is 1. The molecule has 3 rings (SSSR count). The molecule has 3 N–H and O–H groups in total. The number of nitrogens with one attached hydrogen (secondary N) is 1. The summed E-state index contributed by atoms with van der Waals surface area (Å²) in [5, 5.41) is 0.468. The van der Waals surface area contributed by atoms with E-state index >= 15 is 0 Å². The topological polar surface area (TPSA) is 103 Å². The first kappa shape index (κ1) is 10.7. The summed E-state index contributed by atoms with van der Waals surface area (Å²) in [4.78, 5) is 18.7. The van der Waals surface area contributed by atoms with Crippen LogP contribution >= 0.6 is 11.6 Å². The van der Waals surface area contributed by atoms with Gasteiger partial charge in [-0.15, -0.1) is 0 Å². The van der Waals surface area contributed by atoms with E-state index in [1.165, 1.54) is 18.7 Å². The molecule has 3 aromatic heterocycles. The molecule has 0 aliphatic rings. The van der Waals surface area contributed by atoms with Crippen LogP contribution < -0.4 is 10.5 Å². The summed E-state index contributed by atoms with van der Waals surface area (Å²) in [6.45, 7) is 0. The summed E-state index contributed by atoms with van der Waals surface area (Å²) in [6, 6.07) is 1.62. The SMILES string of the molecule is Nc1nc(Oc2cncc(Cl)c2)c2[nH]cnc2n1. The number of ether oxygens (including phenoxy) is 1. The third kappa shape index (κ3) is 1.91. The summed E-state index contributed by atoms with van der Waals surface area (Å²) in [7, 11) is 0. The van der Waals surface area contributed by atoms with Gasteiger partial charge in [0.15, 0.2) is 5.65 Å². The zero-order chi connectivity index (χ0) is 12.5. The maximum absolute atomic E-state index is 5.82. The number of nitrogens with two attached hydrogens (primary N) is 1. The van der Waals surface area contributed by atoms with Gasteiger partial charge in [-0.2, -0.15) is 9.97 Å². The van der Waals surface area contributed by atoms with E-state index < -0.39 is 0 Å². The van der Waals surface area contributed by atoms with Gasteiger partial charge in [0.1, 0.15) is 11.3 Å². The number of aromatic nitrogens is 5. The predicted molar refractivity (Wildman–Crippen MR) is 65.4 cm³/mol. The molecule has 0 amide bonds. The van der Waals surface area contributed by atoms with E-state index in [0.717, 1.165) is 0 Å². The van der Waals surface area contributed by atoms with Crippen molar-refractivity contribution in [2.24, 2.45) is 0 Å². The van der Waals surface area contributed by atoms with Crippen LogP contribution in [0.15, 0.2) is 24.8 Å². The van der Waals surface area contributed by atoms with Crippen molar-refractivity contribution >= 4 is 28.7 Å². The maximum atomic E-state index is 5.82. The normalized spacial score (nSPS) is 10.7. The number of rotatable bonds is 2. The van der Waals surface area contributed by atoms with Gasteiger partial charge >= 0.3 is 0 Å². The zero-order valence-corrected chi connectivity index (χ0v) is 9.72. The van der Waals surface area contributed by atoms with Gasteiger partial charge in [-0.05, 0) is 0 Å². The van der Waals surface area contributed by atoms with Crippen LogP contribution in [-0.2, 0) is 0 Å². The van der Waals surface area contributed by atoms with Gasteiger partial charge in [0.2, 0.25) is 5.95 Å². The van der Waals surface area contributed by atoms with Crippen molar-refractivity contribution in [3.63, 3.8) is 0 Å². The number of anilines is 1. The number of aromatic amines is 1. The Hall–Kier alpha value is -2.41. The number of H-pyrrole nitrogens is 1. The Morgan fingerprint density at radius 1 is 1.28 bits per heavy atom.